The lowest BCUT2D eigenvalue weighted by molar-refractivity contribution is 1.12. The molecule has 15 aromatic rings. The van der Waals surface area contributed by atoms with Crippen molar-refractivity contribution in [3.8, 4) is 34.9 Å². The van der Waals surface area contributed by atoms with Crippen molar-refractivity contribution < 1.29 is 0 Å². The van der Waals surface area contributed by atoms with Crippen molar-refractivity contribution in [3.05, 3.63) is 230 Å². The lowest BCUT2D eigenvalue weighted by Gasteiger charge is -2.15. The third kappa shape index (κ3) is 5.03. The van der Waals surface area contributed by atoms with E-state index in [0.717, 1.165) is 87.8 Å². The van der Waals surface area contributed by atoms with Crippen LogP contribution in [-0.4, -0.2) is 18.3 Å². The minimum atomic E-state index is 0.465. The van der Waals surface area contributed by atoms with E-state index in [4.69, 9.17) is 0 Å². The number of aromatic nitrogens is 4. The number of rotatable bonds is 4. The Hall–Kier alpha value is -9.88. The number of hydrogen-bond donors (Lipinski definition) is 0. The van der Waals surface area contributed by atoms with E-state index in [9.17, 15) is 10.5 Å². The summed E-state index contributed by atoms with van der Waals surface area (Å²) in [6, 6.07) is 82.1. The van der Waals surface area contributed by atoms with E-state index < -0.39 is 0 Å². The average Bonchev–Trinajstić information content (AvgIpc) is 4.16. The molecule has 11 aromatic carbocycles. The molecule has 0 unspecified atom stereocenters. The van der Waals surface area contributed by atoms with Gasteiger partial charge in [-0.2, -0.15) is 10.5 Å². The van der Waals surface area contributed by atoms with Crippen LogP contribution in [0, 0.1) is 22.7 Å². The predicted molar refractivity (Wildman–Crippen MR) is 288 cm³/mol. The second kappa shape index (κ2) is 14.3. The van der Waals surface area contributed by atoms with Gasteiger partial charge in [0.2, 0.25) is 0 Å². The molecule has 70 heavy (non-hydrogen) atoms. The molecular formula is C64H36N6. The zero-order valence-electron chi connectivity index (χ0n) is 37.5. The summed E-state index contributed by atoms with van der Waals surface area (Å²) in [6.07, 6.45) is 0. The number of para-hydroxylation sites is 4. The second-order valence-corrected chi connectivity index (χ2v) is 18.2. The van der Waals surface area contributed by atoms with Gasteiger partial charge < -0.3 is 18.3 Å². The van der Waals surface area contributed by atoms with Gasteiger partial charge in [0.25, 0.3) is 0 Å². The maximum Gasteiger partial charge on any atom is 0.101 e. The third-order valence-electron chi connectivity index (χ3n) is 14.8. The second-order valence-electron chi connectivity index (χ2n) is 18.2. The maximum atomic E-state index is 11.3. The van der Waals surface area contributed by atoms with Gasteiger partial charge in [-0.05, 0) is 106 Å². The van der Waals surface area contributed by atoms with Gasteiger partial charge in [-0.1, -0.05) is 133 Å². The molecule has 0 saturated carbocycles. The molecule has 0 aliphatic rings. The summed E-state index contributed by atoms with van der Waals surface area (Å²) >= 11 is 0. The van der Waals surface area contributed by atoms with Crippen LogP contribution < -0.4 is 0 Å². The molecule has 0 aliphatic carbocycles. The molecule has 0 amide bonds. The van der Waals surface area contributed by atoms with Gasteiger partial charge in [-0.3, -0.25) is 0 Å². The summed E-state index contributed by atoms with van der Waals surface area (Å²) < 4.78 is 9.13. The van der Waals surface area contributed by atoms with Gasteiger partial charge in [-0.15, -0.1) is 0 Å². The summed E-state index contributed by atoms with van der Waals surface area (Å²) in [5.74, 6) is 0. The van der Waals surface area contributed by atoms with E-state index in [1.54, 1.807) is 0 Å². The van der Waals surface area contributed by atoms with E-state index in [1.165, 1.54) is 32.3 Å². The number of nitriles is 2. The predicted octanol–water partition coefficient (Wildman–Crippen LogP) is 16.1. The maximum absolute atomic E-state index is 11.3. The van der Waals surface area contributed by atoms with Crippen LogP contribution in [0.15, 0.2) is 218 Å². The van der Waals surface area contributed by atoms with Gasteiger partial charge in [0, 0.05) is 54.5 Å². The number of fused-ring (bicyclic) bond motifs is 18. The van der Waals surface area contributed by atoms with Gasteiger partial charge in [0.15, 0.2) is 0 Å². The molecule has 0 saturated heterocycles. The Morgan fingerprint density at radius 1 is 0.257 bits per heavy atom. The number of nitrogens with zero attached hydrogens (tertiary/aromatic N) is 6. The van der Waals surface area contributed by atoms with Crippen LogP contribution in [0.25, 0.3) is 132 Å². The first-order valence-corrected chi connectivity index (χ1v) is 23.6. The van der Waals surface area contributed by atoms with Gasteiger partial charge >= 0.3 is 0 Å². The number of hydrogen-bond acceptors (Lipinski definition) is 2. The number of benzene rings is 11. The largest absolute Gasteiger partial charge is 0.309 e. The molecule has 4 aromatic heterocycles. The fourth-order valence-corrected chi connectivity index (χ4v) is 12.0. The molecule has 6 heteroatoms. The highest BCUT2D eigenvalue weighted by atomic mass is 15.0. The Kier molecular flexibility index (Phi) is 7.82. The summed E-state index contributed by atoms with van der Waals surface area (Å²) in [5, 5.41) is 36.4. The van der Waals surface area contributed by atoms with Crippen molar-refractivity contribution in [2.75, 3.05) is 0 Å². The molecule has 0 radical (unpaired) electrons. The monoisotopic (exact) mass is 888 g/mol. The van der Waals surface area contributed by atoms with E-state index >= 15 is 0 Å². The first-order chi connectivity index (χ1) is 34.7. The van der Waals surface area contributed by atoms with Gasteiger partial charge in [0.05, 0.1) is 66.6 Å². The molecule has 0 bridgehead atoms. The van der Waals surface area contributed by atoms with E-state index in [2.05, 4.69) is 237 Å². The first kappa shape index (κ1) is 38.2. The lowest BCUT2D eigenvalue weighted by Crippen LogP contribution is -2.04. The van der Waals surface area contributed by atoms with Crippen molar-refractivity contribution in [1.29, 1.82) is 10.5 Å². The quantitative estimate of drug-likeness (QED) is 0.177. The van der Waals surface area contributed by atoms with Gasteiger partial charge in [-0.25, -0.2) is 0 Å². The molecular weight excluding hydrogens is 853 g/mol. The Morgan fingerprint density at radius 2 is 0.571 bits per heavy atom. The van der Waals surface area contributed by atoms with Crippen molar-refractivity contribution in [3.63, 3.8) is 0 Å². The fraction of sp³-hybridized carbons (Fsp3) is 0. The highest BCUT2D eigenvalue weighted by molar-refractivity contribution is 6.35. The molecule has 0 N–H and O–H groups in total. The van der Waals surface area contributed by atoms with Crippen LogP contribution in [0.3, 0.4) is 0 Å². The zero-order valence-corrected chi connectivity index (χ0v) is 37.5. The van der Waals surface area contributed by atoms with Crippen LogP contribution in [0.4, 0.5) is 0 Å². The summed E-state index contributed by atoms with van der Waals surface area (Å²) in [7, 11) is 0. The third-order valence-corrected chi connectivity index (χ3v) is 14.8. The highest BCUT2D eigenvalue weighted by Gasteiger charge is 2.26. The standard InChI is InChI=1S/C64H36N6/c65-37-41-36-58(70-50-26-14-12-24-48(50)62-54(70)32-34-56-64(62)60-46-22-10-8-16-40(46)28-30-52(60)68(56)44-19-5-2-6-20-44)42(38-66)35-57(41)69-49-25-13-11-23-47(49)61-53(69)31-33-55-63(61)59-45-21-9-7-15-39(45)27-29-51(59)67(55)43-17-3-1-4-18-43/h1-36H. The molecule has 6 nitrogen and oxygen atoms in total. The topological polar surface area (TPSA) is 67.3 Å². The van der Waals surface area contributed by atoms with Crippen molar-refractivity contribution >= 4 is 109 Å². The Balaban J connectivity index is 1.04. The van der Waals surface area contributed by atoms with E-state index in [-0.39, 0.29) is 0 Å². The molecule has 15 rings (SSSR count). The SMILES string of the molecule is N#Cc1cc(-n2c3ccccc3c3c4c5c6ccccc6ccc5n(-c5ccccc5)c4ccc32)c(C#N)cc1-n1c2ccccc2c2c3c4c5ccccc5ccc4n(-c4ccccc4)c3ccc21. The Morgan fingerprint density at radius 3 is 0.986 bits per heavy atom. The highest BCUT2D eigenvalue weighted by Crippen LogP contribution is 2.47. The molecule has 322 valence electrons. The van der Waals surface area contributed by atoms with Crippen LogP contribution in [-0.2, 0) is 0 Å². The Labute approximate surface area is 400 Å². The smallest absolute Gasteiger partial charge is 0.101 e. The summed E-state index contributed by atoms with van der Waals surface area (Å²) in [5.41, 5.74) is 12.7. The minimum absolute atomic E-state index is 0.465. The fourth-order valence-electron chi connectivity index (χ4n) is 12.0. The van der Waals surface area contributed by atoms with E-state index in [1.807, 2.05) is 12.1 Å². The van der Waals surface area contributed by atoms with Crippen LogP contribution in [0.2, 0.25) is 0 Å². The molecule has 0 fully saturated rings. The normalized spacial score (nSPS) is 12.0. The first-order valence-electron chi connectivity index (χ1n) is 23.6. The van der Waals surface area contributed by atoms with Crippen molar-refractivity contribution in [1.82, 2.24) is 18.3 Å². The zero-order chi connectivity index (χ0) is 46.2. The summed E-state index contributed by atoms with van der Waals surface area (Å²) in [6.45, 7) is 0. The molecule has 0 aliphatic heterocycles. The van der Waals surface area contributed by atoms with E-state index in [0.29, 0.717) is 22.5 Å². The van der Waals surface area contributed by atoms with Gasteiger partial charge in [0.1, 0.15) is 12.1 Å². The molecule has 0 spiro atoms. The van der Waals surface area contributed by atoms with Crippen LogP contribution in [0.5, 0.6) is 0 Å². The van der Waals surface area contributed by atoms with Crippen LogP contribution >= 0.6 is 0 Å². The lowest BCUT2D eigenvalue weighted by atomic mass is 10.0. The average molecular weight is 889 g/mol. The minimum Gasteiger partial charge on any atom is -0.309 e. The van der Waals surface area contributed by atoms with Crippen molar-refractivity contribution in [2.24, 2.45) is 0 Å². The Bertz CT molecular complexity index is 4530. The summed E-state index contributed by atoms with van der Waals surface area (Å²) in [4.78, 5) is 0. The molecule has 0 atom stereocenters. The molecule has 4 heterocycles. The van der Waals surface area contributed by atoms with Crippen LogP contribution in [0.1, 0.15) is 11.1 Å². The van der Waals surface area contributed by atoms with Crippen molar-refractivity contribution in [2.45, 2.75) is 0 Å².